The van der Waals surface area contributed by atoms with Crippen molar-refractivity contribution in [2.75, 3.05) is 20.3 Å². The van der Waals surface area contributed by atoms with Crippen LogP contribution >= 0.6 is 0 Å². The zero-order valence-electron chi connectivity index (χ0n) is 14.2. The van der Waals surface area contributed by atoms with Crippen LogP contribution in [0.2, 0.25) is 18.1 Å². The summed E-state index contributed by atoms with van der Waals surface area (Å²) in [6.07, 6.45) is 1.87. The molecule has 0 N–H and O–H groups in total. The van der Waals surface area contributed by atoms with Crippen molar-refractivity contribution in [1.29, 1.82) is 0 Å². The fourth-order valence-corrected chi connectivity index (χ4v) is 2.80. The molecule has 0 spiro atoms. The molecule has 1 aliphatic heterocycles. The Morgan fingerprint density at radius 2 is 2.00 bits per heavy atom. The first-order chi connectivity index (χ1) is 9.67. The molecule has 1 rings (SSSR count). The quantitative estimate of drug-likeness (QED) is 0.556. The van der Waals surface area contributed by atoms with Gasteiger partial charge in [0.05, 0.1) is 13.7 Å². The van der Waals surface area contributed by atoms with E-state index in [4.69, 9.17) is 18.6 Å². The fraction of sp³-hybridized carbons (Fsp3) is 0.933. The van der Waals surface area contributed by atoms with Crippen molar-refractivity contribution in [3.63, 3.8) is 0 Å². The molecule has 0 aromatic rings. The van der Waals surface area contributed by atoms with Crippen LogP contribution in [0.1, 0.15) is 40.0 Å². The van der Waals surface area contributed by atoms with Crippen molar-refractivity contribution in [2.24, 2.45) is 0 Å². The molecule has 0 bridgehead atoms. The van der Waals surface area contributed by atoms with Crippen molar-refractivity contribution in [3.05, 3.63) is 0 Å². The van der Waals surface area contributed by atoms with E-state index in [-0.39, 0.29) is 17.9 Å². The summed E-state index contributed by atoms with van der Waals surface area (Å²) in [5.41, 5.74) is 0. The number of ether oxygens (including phenoxy) is 3. The summed E-state index contributed by atoms with van der Waals surface area (Å²) < 4.78 is 22.2. The zero-order valence-corrected chi connectivity index (χ0v) is 15.2. The van der Waals surface area contributed by atoms with E-state index in [1.54, 1.807) is 0 Å². The molecule has 0 aromatic carbocycles. The minimum Gasteiger partial charge on any atom is -0.467 e. The van der Waals surface area contributed by atoms with Gasteiger partial charge in [0.1, 0.15) is 0 Å². The SMILES string of the molecule is COC(=O)[C@@H](CO[Si](C)(C)C(C)(C)C)O[C@@H]1CCCCO1. The number of esters is 1. The zero-order chi connectivity index (χ0) is 16.1. The maximum atomic E-state index is 11.9. The van der Waals surface area contributed by atoms with E-state index < -0.39 is 20.4 Å². The molecule has 0 saturated carbocycles. The first kappa shape index (κ1) is 18.6. The number of hydrogen-bond donors (Lipinski definition) is 0. The van der Waals surface area contributed by atoms with Crippen molar-refractivity contribution >= 4 is 14.3 Å². The first-order valence-corrected chi connectivity index (χ1v) is 10.6. The minimum absolute atomic E-state index is 0.0923. The molecule has 1 fully saturated rings. The lowest BCUT2D eigenvalue weighted by molar-refractivity contribution is -0.206. The van der Waals surface area contributed by atoms with Crippen LogP contribution in [0.5, 0.6) is 0 Å². The molecule has 0 radical (unpaired) electrons. The molecule has 0 aromatic heterocycles. The Balaban J connectivity index is 2.59. The van der Waals surface area contributed by atoms with E-state index in [1.807, 2.05) is 0 Å². The van der Waals surface area contributed by atoms with Gasteiger partial charge in [-0.1, -0.05) is 20.8 Å². The molecule has 6 heteroatoms. The van der Waals surface area contributed by atoms with Gasteiger partial charge in [-0.15, -0.1) is 0 Å². The standard InChI is InChI=1S/C15H30O5Si/c1-15(2,3)21(5,6)19-11-12(14(16)17-4)20-13-9-7-8-10-18-13/h12-13H,7-11H2,1-6H3/t12-,13-/m1/s1. The minimum atomic E-state index is -1.92. The molecule has 2 atom stereocenters. The highest BCUT2D eigenvalue weighted by molar-refractivity contribution is 6.74. The monoisotopic (exact) mass is 318 g/mol. The van der Waals surface area contributed by atoms with E-state index >= 15 is 0 Å². The Morgan fingerprint density at radius 1 is 1.33 bits per heavy atom. The Morgan fingerprint density at radius 3 is 2.48 bits per heavy atom. The summed E-state index contributed by atoms with van der Waals surface area (Å²) in [4.78, 5) is 11.9. The van der Waals surface area contributed by atoms with E-state index in [9.17, 15) is 4.79 Å². The Bertz CT molecular complexity index is 331. The predicted octanol–water partition coefficient (Wildman–Crippen LogP) is 3.09. The van der Waals surface area contributed by atoms with Gasteiger partial charge >= 0.3 is 5.97 Å². The van der Waals surface area contributed by atoms with Crippen LogP contribution in [-0.2, 0) is 23.4 Å². The van der Waals surface area contributed by atoms with Crippen LogP contribution in [-0.4, -0.2) is 47.0 Å². The second kappa shape index (κ2) is 7.72. The highest BCUT2D eigenvalue weighted by Gasteiger charge is 2.39. The lowest BCUT2D eigenvalue weighted by Gasteiger charge is -2.37. The van der Waals surface area contributed by atoms with Crippen molar-refractivity contribution in [3.8, 4) is 0 Å². The van der Waals surface area contributed by atoms with Gasteiger partial charge in [0.15, 0.2) is 20.7 Å². The summed E-state index contributed by atoms with van der Waals surface area (Å²) >= 11 is 0. The second-order valence-corrected chi connectivity index (χ2v) is 11.8. The molecule has 5 nitrogen and oxygen atoms in total. The number of carbonyl (C=O) groups excluding carboxylic acids is 1. The second-order valence-electron chi connectivity index (χ2n) is 7.02. The Hall–Kier alpha value is -0.433. The molecule has 1 heterocycles. The van der Waals surface area contributed by atoms with E-state index in [1.165, 1.54) is 7.11 Å². The molecule has 1 aliphatic rings. The van der Waals surface area contributed by atoms with Gasteiger partial charge < -0.3 is 18.6 Å². The Labute approximate surface area is 129 Å². The topological polar surface area (TPSA) is 54.0 Å². The molecular formula is C15H30O5Si. The lowest BCUT2D eigenvalue weighted by atomic mass is 10.2. The molecule has 1 saturated heterocycles. The predicted molar refractivity (Wildman–Crippen MR) is 83.6 cm³/mol. The third kappa shape index (κ3) is 5.69. The highest BCUT2D eigenvalue weighted by Crippen LogP contribution is 2.36. The van der Waals surface area contributed by atoms with Gasteiger partial charge in [-0.25, -0.2) is 4.79 Å². The number of methoxy groups -OCH3 is 1. The van der Waals surface area contributed by atoms with E-state index in [0.29, 0.717) is 6.61 Å². The van der Waals surface area contributed by atoms with Gasteiger partial charge in [-0.3, -0.25) is 0 Å². The van der Waals surface area contributed by atoms with Gasteiger partial charge in [0, 0.05) is 6.61 Å². The van der Waals surface area contributed by atoms with Gasteiger partial charge in [0.2, 0.25) is 0 Å². The molecule has 0 aliphatic carbocycles. The third-order valence-electron chi connectivity index (χ3n) is 4.32. The molecular weight excluding hydrogens is 288 g/mol. The molecule has 0 amide bonds. The smallest absolute Gasteiger partial charge is 0.337 e. The maximum absolute atomic E-state index is 11.9. The van der Waals surface area contributed by atoms with Crippen LogP contribution in [0.15, 0.2) is 0 Å². The largest absolute Gasteiger partial charge is 0.467 e. The van der Waals surface area contributed by atoms with Crippen molar-refractivity contribution in [1.82, 2.24) is 0 Å². The van der Waals surface area contributed by atoms with Crippen LogP contribution < -0.4 is 0 Å². The average molecular weight is 318 g/mol. The fourth-order valence-electron chi connectivity index (χ4n) is 1.80. The molecule has 0 unspecified atom stereocenters. The van der Waals surface area contributed by atoms with Gasteiger partial charge in [-0.05, 0) is 37.4 Å². The molecule has 124 valence electrons. The summed E-state index contributed by atoms with van der Waals surface area (Å²) in [5, 5.41) is 0.0923. The van der Waals surface area contributed by atoms with Crippen molar-refractivity contribution < 1.29 is 23.4 Å². The van der Waals surface area contributed by atoms with Crippen LogP contribution in [0.3, 0.4) is 0 Å². The summed E-state index contributed by atoms with van der Waals surface area (Å²) in [5.74, 6) is -0.400. The lowest BCUT2D eigenvalue weighted by Crippen LogP contribution is -2.45. The summed E-state index contributed by atoms with van der Waals surface area (Å²) in [7, 11) is -0.553. The summed E-state index contributed by atoms with van der Waals surface area (Å²) in [6.45, 7) is 11.7. The number of carbonyl (C=O) groups is 1. The highest BCUT2D eigenvalue weighted by atomic mass is 28.4. The first-order valence-electron chi connectivity index (χ1n) is 7.66. The van der Waals surface area contributed by atoms with Gasteiger partial charge in [0.25, 0.3) is 0 Å². The Kier molecular flexibility index (Phi) is 6.84. The average Bonchev–Trinajstić information content (AvgIpc) is 2.42. The van der Waals surface area contributed by atoms with Crippen LogP contribution in [0, 0.1) is 0 Å². The van der Waals surface area contributed by atoms with Gasteiger partial charge in [-0.2, -0.15) is 0 Å². The third-order valence-corrected chi connectivity index (χ3v) is 8.82. The number of hydrogen-bond acceptors (Lipinski definition) is 5. The molecule has 21 heavy (non-hydrogen) atoms. The number of rotatable bonds is 6. The summed E-state index contributed by atoms with van der Waals surface area (Å²) in [6, 6.07) is 0. The maximum Gasteiger partial charge on any atom is 0.337 e. The van der Waals surface area contributed by atoms with E-state index in [0.717, 1.165) is 19.3 Å². The van der Waals surface area contributed by atoms with Crippen molar-refractivity contribution in [2.45, 2.75) is 70.6 Å². The van der Waals surface area contributed by atoms with E-state index in [2.05, 4.69) is 33.9 Å². The van der Waals surface area contributed by atoms with Crippen LogP contribution in [0.25, 0.3) is 0 Å². The normalized spacial score (nSPS) is 21.9. The van der Waals surface area contributed by atoms with Crippen LogP contribution in [0.4, 0.5) is 0 Å².